The number of aromatic nitrogens is 4. The molecular weight excluding hydrogens is 214 g/mol. The Morgan fingerprint density at radius 2 is 2.14 bits per heavy atom. The van der Waals surface area contributed by atoms with Gasteiger partial charge in [-0.2, -0.15) is 13.9 Å². The Morgan fingerprint density at radius 3 is 2.64 bits per heavy atom. The second-order valence-electron chi connectivity index (χ2n) is 2.45. The largest absolute Gasteiger partial charge is 0.345 e. The van der Waals surface area contributed by atoms with Crippen molar-refractivity contribution in [2.75, 3.05) is 0 Å². The number of nitrogens with zero attached hydrogens (tertiary/aromatic N) is 3. The Bertz CT molecular complexity index is 384. The van der Waals surface area contributed by atoms with E-state index in [2.05, 4.69) is 15.1 Å². The first-order valence-corrected chi connectivity index (χ1v) is 3.58. The molecule has 0 aromatic carbocycles. The average molecular weight is 221 g/mol. The molecule has 0 saturated carbocycles. The molecule has 4 nitrogen and oxygen atoms in total. The Kier molecular flexibility index (Phi) is 3.19. The maximum Gasteiger partial charge on any atom is 0.333 e. The normalized spacial score (nSPS) is 10.2. The third-order valence-electron chi connectivity index (χ3n) is 1.61. The van der Waals surface area contributed by atoms with Gasteiger partial charge in [-0.15, -0.1) is 12.4 Å². The highest BCUT2D eigenvalue weighted by Crippen LogP contribution is 2.17. The molecule has 0 spiro atoms. The number of hydrogen-bond acceptors (Lipinski definition) is 2. The van der Waals surface area contributed by atoms with E-state index in [0.717, 1.165) is 0 Å². The highest BCUT2D eigenvalue weighted by atomic mass is 35.5. The summed E-state index contributed by atoms with van der Waals surface area (Å²) in [5.41, 5.74) is 1.27. The Balaban J connectivity index is 0.000000980. The van der Waals surface area contributed by atoms with Crippen LogP contribution in [-0.4, -0.2) is 19.7 Å². The van der Waals surface area contributed by atoms with Crippen LogP contribution in [0.15, 0.2) is 24.9 Å². The lowest BCUT2D eigenvalue weighted by Crippen LogP contribution is -1.96. The number of imidazole rings is 1. The summed E-state index contributed by atoms with van der Waals surface area (Å²) in [6.45, 7) is -2.60. The molecule has 0 amide bonds. The maximum absolute atomic E-state index is 12.1. The molecule has 2 aromatic heterocycles. The molecule has 0 atom stereocenters. The molecule has 0 aliphatic carbocycles. The maximum atomic E-state index is 12.1. The van der Waals surface area contributed by atoms with Crippen molar-refractivity contribution in [2.24, 2.45) is 0 Å². The van der Waals surface area contributed by atoms with E-state index in [4.69, 9.17) is 0 Å². The highest BCUT2D eigenvalue weighted by Gasteiger charge is 2.08. The minimum atomic E-state index is -2.60. The standard InChI is InChI=1S/C7H6F2N4.ClH/c8-7(9)13-3-5(1-12-13)6-2-10-4-11-6;/h1-4,7H,(H,10,11);1H. The van der Waals surface area contributed by atoms with E-state index < -0.39 is 6.55 Å². The number of nitrogens with one attached hydrogen (secondary N) is 1. The average Bonchev–Trinajstić information content (AvgIpc) is 2.75. The van der Waals surface area contributed by atoms with Gasteiger partial charge in [-0.05, 0) is 0 Å². The molecular formula is C7H7ClF2N4. The van der Waals surface area contributed by atoms with Crippen molar-refractivity contribution in [2.45, 2.75) is 6.55 Å². The third-order valence-corrected chi connectivity index (χ3v) is 1.61. The number of rotatable bonds is 2. The molecule has 0 unspecified atom stereocenters. The highest BCUT2D eigenvalue weighted by molar-refractivity contribution is 5.85. The van der Waals surface area contributed by atoms with Gasteiger partial charge in [-0.25, -0.2) is 9.67 Å². The van der Waals surface area contributed by atoms with Gasteiger partial charge in [-0.3, -0.25) is 0 Å². The SMILES string of the molecule is Cl.FC(F)n1cc(-c2cnc[nH]2)cn1. The zero-order chi connectivity index (χ0) is 9.26. The number of aromatic amines is 1. The van der Waals surface area contributed by atoms with Gasteiger partial charge in [0.25, 0.3) is 0 Å². The van der Waals surface area contributed by atoms with Gasteiger partial charge in [-0.1, -0.05) is 0 Å². The predicted molar refractivity (Wildman–Crippen MR) is 48.3 cm³/mol. The summed E-state index contributed by atoms with van der Waals surface area (Å²) in [6.07, 6.45) is 5.65. The van der Waals surface area contributed by atoms with Crippen LogP contribution in [0.4, 0.5) is 8.78 Å². The summed E-state index contributed by atoms with van der Waals surface area (Å²) >= 11 is 0. The molecule has 0 aliphatic rings. The molecule has 0 fully saturated rings. The summed E-state index contributed by atoms with van der Waals surface area (Å²) < 4.78 is 24.8. The topological polar surface area (TPSA) is 46.5 Å². The molecule has 14 heavy (non-hydrogen) atoms. The van der Waals surface area contributed by atoms with Gasteiger partial charge in [0.05, 0.1) is 24.4 Å². The van der Waals surface area contributed by atoms with Gasteiger partial charge in [0.1, 0.15) is 0 Å². The lowest BCUT2D eigenvalue weighted by molar-refractivity contribution is 0.0566. The minimum Gasteiger partial charge on any atom is -0.345 e. The van der Waals surface area contributed by atoms with Crippen molar-refractivity contribution in [1.29, 1.82) is 0 Å². The fourth-order valence-corrected chi connectivity index (χ4v) is 0.998. The molecule has 1 N–H and O–H groups in total. The van der Waals surface area contributed by atoms with Crippen LogP contribution < -0.4 is 0 Å². The van der Waals surface area contributed by atoms with Crippen LogP contribution in [0, 0.1) is 0 Å². The van der Waals surface area contributed by atoms with E-state index in [-0.39, 0.29) is 12.4 Å². The smallest absolute Gasteiger partial charge is 0.333 e. The van der Waals surface area contributed by atoms with Gasteiger partial charge in [0.2, 0.25) is 0 Å². The van der Waals surface area contributed by atoms with Crippen molar-refractivity contribution in [1.82, 2.24) is 19.7 Å². The van der Waals surface area contributed by atoms with Crippen LogP contribution in [0.25, 0.3) is 11.3 Å². The van der Waals surface area contributed by atoms with Crippen molar-refractivity contribution in [3.63, 3.8) is 0 Å². The van der Waals surface area contributed by atoms with Gasteiger partial charge < -0.3 is 4.98 Å². The van der Waals surface area contributed by atoms with E-state index in [1.54, 1.807) is 6.20 Å². The summed E-state index contributed by atoms with van der Waals surface area (Å²) in [4.78, 5) is 6.57. The summed E-state index contributed by atoms with van der Waals surface area (Å²) in [7, 11) is 0. The Morgan fingerprint density at radius 1 is 1.36 bits per heavy atom. The zero-order valence-electron chi connectivity index (χ0n) is 6.89. The van der Waals surface area contributed by atoms with Crippen molar-refractivity contribution >= 4 is 12.4 Å². The van der Waals surface area contributed by atoms with Crippen LogP contribution in [0.3, 0.4) is 0 Å². The van der Waals surface area contributed by atoms with E-state index >= 15 is 0 Å². The Hall–Kier alpha value is -1.43. The minimum absolute atomic E-state index is 0. The molecule has 76 valence electrons. The summed E-state index contributed by atoms with van der Waals surface area (Å²) in [5, 5.41) is 3.49. The van der Waals surface area contributed by atoms with Crippen LogP contribution in [0.5, 0.6) is 0 Å². The van der Waals surface area contributed by atoms with Crippen molar-refractivity contribution < 1.29 is 8.78 Å². The second-order valence-corrected chi connectivity index (χ2v) is 2.45. The molecule has 2 aromatic rings. The monoisotopic (exact) mass is 220 g/mol. The van der Waals surface area contributed by atoms with Gasteiger partial charge >= 0.3 is 6.55 Å². The van der Waals surface area contributed by atoms with Crippen LogP contribution >= 0.6 is 12.4 Å². The second kappa shape index (κ2) is 4.19. The van der Waals surface area contributed by atoms with E-state index in [0.29, 0.717) is 15.9 Å². The number of hydrogen-bond donors (Lipinski definition) is 1. The number of alkyl halides is 2. The summed E-state index contributed by atoms with van der Waals surface area (Å²) in [6, 6.07) is 0. The van der Waals surface area contributed by atoms with E-state index in [9.17, 15) is 8.78 Å². The zero-order valence-corrected chi connectivity index (χ0v) is 7.71. The fourth-order valence-electron chi connectivity index (χ4n) is 0.998. The molecule has 0 saturated heterocycles. The van der Waals surface area contributed by atoms with Gasteiger partial charge in [0, 0.05) is 11.8 Å². The first-order chi connectivity index (χ1) is 6.27. The van der Waals surface area contributed by atoms with Crippen LogP contribution in [0.2, 0.25) is 0 Å². The molecule has 0 radical (unpaired) electrons. The molecule has 2 heterocycles. The van der Waals surface area contributed by atoms with Gasteiger partial charge in [0.15, 0.2) is 0 Å². The fraction of sp³-hybridized carbons (Fsp3) is 0.143. The number of H-pyrrole nitrogens is 1. The van der Waals surface area contributed by atoms with Crippen molar-refractivity contribution in [3.8, 4) is 11.3 Å². The summed E-state index contributed by atoms with van der Waals surface area (Å²) in [5.74, 6) is 0. The molecule has 0 bridgehead atoms. The quantitative estimate of drug-likeness (QED) is 0.843. The van der Waals surface area contributed by atoms with Crippen molar-refractivity contribution in [3.05, 3.63) is 24.9 Å². The Labute approximate surface area is 84.4 Å². The van der Waals surface area contributed by atoms with Crippen LogP contribution in [0.1, 0.15) is 6.55 Å². The first-order valence-electron chi connectivity index (χ1n) is 3.58. The molecule has 0 aliphatic heterocycles. The van der Waals surface area contributed by atoms with E-state index in [1.165, 1.54) is 18.7 Å². The lowest BCUT2D eigenvalue weighted by atomic mass is 10.3. The predicted octanol–water partition coefficient (Wildman–Crippen LogP) is 2.09. The lowest BCUT2D eigenvalue weighted by Gasteiger charge is -1.94. The third kappa shape index (κ3) is 1.90. The molecule has 7 heteroatoms. The number of halogens is 3. The molecule has 2 rings (SSSR count). The van der Waals surface area contributed by atoms with E-state index in [1.807, 2.05) is 0 Å². The first kappa shape index (κ1) is 10.6. The van der Waals surface area contributed by atoms with Crippen LogP contribution in [-0.2, 0) is 0 Å².